The van der Waals surface area contributed by atoms with Gasteiger partial charge in [0.15, 0.2) is 11.5 Å². The fourth-order valence-electron chi connectivity index (χ4n) is 3.91. The van der Waals surface area contributed by atoms with Crippen molar-refractivity contribution in [2.75, 3.05) is 26.3 Å². The van der Waals surface area contributed by atoms with Crippen molar-refractivity contribution < 1.29 is 27.0 Å². The van der Waals surface area contributed by atoms with Crippen LogP contribution >= 0.6 is 0 Å². The molecule has 0 fully saturated rings. The number of rotatable bonds is 7. The van der Waals surface area contributed by atoms with E-state index < -0.39 is 10.0 Å². The largest absolute Gasteiger partial charge is 0.496 e. The van der Waals surface area contributed by atoms with Gasteiger partial charge < -0.3 is 14.2 Å². The van der Waals surface area contributed by atoms with Gasteiger partial charge in [-0.05, 0) is 48.0 Å². The smallest absolute Gasteiger partial charge is 0.238 e. The summed E-state index contributed by atoms with van der Waals surface area (Å²) < 4.78 is 53.4. The van der Waals surface area contributed by atoms with Crippen molar-refractivity contribution in [2.45, 2.75) is 17.4 Å². The molecule has 1 aliphatic heterocycles. The lowest BCUT2D eigenvalue weighted by Crippen LogP contribution is -2.20. The molecule has 3 aromatic carbocycles. The molecule has 3 aromatic rings. The van der Waals surface area contributed by atoms with E-state index in [0.717, 1.165) is 16.8 Å². The molecule has 0 spiro atoms. The first-order valence-corrected chi connectivity index (χ1v) is 11.8. The molecule has 2 N–H and O–H groups in total. The third-order valence-electron chi connectivity index (χ3n) is 5.61. The van der Waals surface area contributed by atoms with E-state index in [1.165, 1.54) is 24.3 Å². The minimum absolute atomic E-state index is 0.00145. The summed E-state index contributed by atoms with van der Waals surface area (Å²) in [6.07, 6.45) is 0.481. The van der Waals surface area contributed by atoms with Crippen LogP contribution in [-0.4, -0.2) is 35.5 Å². The van der Waals surface area contributed by atoms with Crippen LogP contribution in [-0.2, 0) is 10.0 Å². The van der Waals surface area contributed by atoms with Crippen LogP contribution in [0.5, 0.6) is 17.2 Å². The van der Waals surface area contributed by atoms with Gasteiger partial charge in [0.2, 0.25) is 10.0 Å². The molecule has 0 saturated heterocycles. The van der Waals surface area contributed by atoms with E-state index in [1.54, 1.807) is 56.7 Å². The van der Waals surface area contributed by atoms with Crippen molar-refractivity contribution in [3.05, 3.63) is 77.6 Å². The normalized spacial score (nSPS) is 15.7. The number of nitrogens with zero attached hydrogens (tertiary/aromatic N) is 2. The second-order valence-corrected chi connectivity index (χ2v) is 9.17. The Bertz CT molecular complexity index is 1330. The van der Waals surface area contributed by atoms with Gasteiger partial charge in [-0.25, -0.2) is 17.9 Å². The lowest BCUT2D eigenvalue weighted by Gasteiger charge is -2.26. The summed E-state index contributed by atoms with van der Waals surface area (Å²) in [5, 5.41) is 11.8. The van der Waals surface area contributed by atoms with Gasteiger partial charge >= 0.3 is 0 Å². The van der Waals surface area contributed by atoms with Crippen molar-refractivity contribution in [1.29, 1.82) is 0 Å². The molecule has 0 amide bonds. The SMILES string of the molecule is COc1cc(OC)c(C2CC(c3ccc(F)cc3)=NN2c2ccc(S(N)(=O)=O)cc2)cc1OC. The van der Waals surface area contributed by atoms with E-state index in [1.807, 2.05) is 6.07 Å². The lowest BCUT2D eigenvalue weighted by atomic mass is 9.97. The molecule has 0 radical (unpaired) electrons. The third kappa shape index (κ3) is 4.55. The van der Waals surface area contributed by atoms with Crippen molar-refractivity contribution in [3.63, 3.8) is 0 Å². The minimum Gasteiger partial charge on any atom is -0.496 e. The summed E-state index contributed by atoms with van der Waals surface area (Å²) in [4.78, 5) is -0.00145. The van der Waals surface area contributed by atoms with Gasteiger partial charge in [-0.2, -0.15) is 5.10 Å². The molecular formula is C24H24FN3O5S. The Kier molecular flexibility index (Phi) is 6.45. The Balaban J connectivity index is 1.83. The van der Waals surface area contributed by atoms with Crippen LogP contribution in [0.3, 0.4) is 0 Å². The summed E-state index contributed by atoms with van der Waals surface area (Å²) >= 11 is 0. The van der Waals surface area contributed by atoms with Gasteiger partial charge in [0.1, 0.15) is 11.6 Å². The molecule has 10 heteroatoms. The monoisotopic (exact) mass is 485 g/mol. The predicted molar refractivity (Wildman–Crippen MR) is 127 cm³/mol. The molecule has 0 aliphatic carbocycles. The summed E-state index contributed by atoms with van der Waals surface area (Å²) in [5.74, 6) is 1.28. The molecule has 0 aromatic heterocycles. The zero-order valence-corrected chi connectivity index (χ0v) is 19.7. The number of anilines is 1. The highest BCUT2D eigenvalue weighted by Crippen LogP contribution is 2.44. The van der Waals surface area contributed by atoms with E-state index in [0.29, 0.717) is 29.4 Å². The number of hydrazone groups is 1. The molecule has 1 atom stereocenters. The van der Waals surface area contributed by atoms with Crippen molar-refractivity contribution in [2.24, 2.45) is 10.2 Å². The van der Waals surface area contributed by atoms with Crippen LogP contribution in [0.2, 0.25) is 0 Å². The molecule has 1 unspecified atom stereocenters. The highest BCUT2D eigenvalue weighted by molar-refractivity contribution is 7.89. The molecule has 4 rings (SSSR count). The Morgan fingerprint density at radius 3 is 2.06 bits per heavy atom. The highest BCUT2D eigenvalue weighted by Gasteiger charge is 2.33. The van der Waals surface area contributed by atoms with Crippen molar-refractivity contribution in [3.8, 4) is 17.2 Å². The van der Waals surface area contributed by atoms with Crippen molar-refractivity contribution >= 4 is 21.4 Å². The minimum atomic E-state index is -3.83. The Labute approximate surface area is 197 Å². The van der Waals surface area contributed by atoms with E-state index in [4.69, 9.17) is 24.5 Å². The molecule has 0 bridgehead atoms. The molecule has 0 saturated carbocycles. The van der Waals surface area contributed by atoms with Crippen LogP contribution in [0, 0.1) is 5.82 Å². The number of ether oxygens (including phenoxy) is 3. The maximum absolute atomic E-state index is 13.5. The second kappa shape index (κ2) is 9.32. The number of primary sulfonamides is 1. The van der Waals surface area contributed by atoms with Gasteiger partial charge in [0.25, 0.3) is 0 Å². The van der Waals surface area contributed by atoms with Crippen LogP contribution in [0.25, 0.3) is 0 Å². The van der Waals surface area contributed by atoms with Gasteiger partial charge in [-0.1, -0.05) is 12.1 Å². The number of methoxy groups -OCH3 is 3. The fraction of sp³-hybridized carbons (Fsp3) is 0.208. The number of hydrogen-bond acceptors (Lipinski definition) is 7. The van der Waals surface area contributed by atoms with E-state index in [-0.39, 0.29) is 16.8 Å². The molecule has 34 heavy (non-hydrogen) atoms. The topological polar surface area (TPSA) is 103 Å². The zero-order chi connectivity index (χ0) is 24.5. The Morgan fingerprint density at radius 1 is 0.912 bits per heavy atom. The maximum Gasteiger partial charge on any atom is 0.238 e. The Morgan fingerprint density at radius 2 is 1.50 bits per heavy atom. The molecule has 1 aliphatic rings. The fourth-order valence-corrected chi connectivity index (χ4v) is 4.42. The molecule has 178 valence electrons. The van der Waals surface area contributed by atoms with Gasteiger partial charge in [0.05, 0.1) is 43.7 Å². The van der Waals surface area contributed by atoms with Crippen LogP contribution in [0.1, 0.15) is 23.6 Å². The van der Waals surface area contributed by atoms with Crippen molar-refractivity contribution in [1.82, 2.24) is 0 Å². The quantitative estimate of drug-likeness (QED) is 0.545. The number of benzene rings is 3. The standard InChI is InChI=1S/C24H24FN3O5S/c1-31-22-14-24(33-3)23(32-2)12-19(22)21-13-20(15-4-6-16(25)7-5-15)27-28(21)17-8-10-18(11-9-17)34(26,29)30/h4-12,14,21H,13H2,1-3H3,(H2,26,29,30). The Hall–Kier alpha value is -3.63. The molecule has 8 nitrogen and oxygen atoms in total. The summed E-state index contributed by atoms with van der Waals surface area (Å²) in [6, 6.07) is 15.5. The predicted octanol–water partition coefficient (Wildman–Crippen LogP) is 3.85. The number of sulfonamides is 1. The zero-order valence-electron chi connectivity index (χ0n) is 18.9. The highest BCUT2D eigenvalue weighted by atomic mass is 32.2. The first kappa shape index (κ1) is 23.5. The first-order valence-electron chi connectivity index (χ1n) is 10.3. The van der Waals surface area contributed by atoms with Crippen LogP contribution in [0.15, 0.2) is 70.7 Å². The summed E-state index contributed by atoms with van der Waals surface area (Å²) in [7, 11) is 0.820. The summed E-state index contributed by atoms with van der Waals surface area (Å²) in [5.41, 5.74) is 2.94. The van der Waals surface area contributed by atoms with E-state index >= 15 is 0 Å². The number of hydrogen-bond donors (Lipinski definition) is 1. The first-order chi connectivity index (χ1) is 16.2. The van der Waals surface area contributed by atoms with E-state index in [2.05, 4.69) is 0 Å². The van der Waals surface area contributed by atoms with Gasteiger partial charge in [0, 0.05) is 18.1 Å². The van der Waals surface area contributed by atoms with E-state index in [9.17, 15) is 12.8 Å². The maximum atomic E-state index is 13.5. The lowest BCUT2D eigenvalue weighted by molar-refractivity contribution is 0.346. The number of halogens is 1. The van der Waals surface area contributed by atoms with Gasteiger partial charge in [-0.15, -0.1) is 0 Å². The van der Waals surface area contributed by atoms with Crippen LogP contribution < -0.4 is 24.4 Å². The second-order valence-electron chi connectivity index (χ2n) is 7.61. The van der Waals surface area contributed by atoms with Crippen LogP contribution in [0.4, 0.5) is 10.1 Å². The third-order valence-corrected chi connectivity index (χ3v) is 6.54. The van der Waals surface area contributed by atoms with Gasteiger partial charge in [-0.3, -0.25) is 5.01 Å². The molecule has 1 heterocycles. The average Bonchev–Trinajstić information content (AvgIpc) is 3.28. The molecular weight excluding hydrogens is 461 g/mol. The average molecular weight is 486 g/mol. The summed E-state index contributed by atoms with van der Waals surface area (Å²) in [6.45, 7) is 0. The number of nitrogens with two attached hydrogens (primary N) is 1.